The fourth-order valence-electron chi connectivity index (χ4n) is 2.22. The standard InChI is InChI=1S/C18H16OS3/c1-3-4-15-13(8-11-20-15)17-5-6-18(22-17)14-9-12-21-16(14)7-10-19-2/h3-12H,1-2H3/b4-3+,10-7+. The number of hydrogen-bond acceptors (Lipinski definition) is 4. The summed E-state index contributed by atoms with van der Waals surface area (Å²) < 4.78 is 5.04. The van der Waals surface area contributed by atoms with Crippen molar-refractivity contribution in [2.24, 2.45) is 0 Å². The van der Waals surface area contributed by atoms with E-state index in [1.54, 1.807) is 36.0 Å². The molecule has 3 heterocycles. The Bertz CT molecular complexity index is 802. The Morgan fingerprint density at radius 1 is 0.864 bits per heavy atom. The molecule has 1 nitrogen and oxygen atoms in total. The van der Waals surface area contributed by atoms with Crippen molar-refractivity contribution < 1.29 is 4.74 Å². The molecule has 0 N–H and O–H groups in total. The van der Waals surface area contributed by atoms with Gasteiger partial charge in [-0.2, -0.15) is 0 Å². The highest BCUT2D eigenvalue weighted by atomic mass is 32.1. The van der Waals surface area contributed by atoms with Gasteiger partial charge >= 0.3 is 0 Å². The van der Waals surface area contributed by atoms with Crippen molar-refractivity contribution in [1.82, 2.24) is 0 Å². The molecule has 0 saturated heterocycles. The molecule has 0 fully saturated rings. The van der Waals surface area contributed by atoms with Crippen molar-refractivity contribution in [3.8, 4) is 20.9 Å². The van der Waals surface area contributed by atoms with Crippen LogP contribution in [-0.4, -0.2) is 7.11 Å². The van der Waals surface area contributed by atoms with E-state index in [-0.39, 0.29) is 0 Å². The van der Waals surface area contributed by atoms with Gasteiger partial charge in [-0.3, -0.25) is 0 Å². The van der Waals surface area contributed by atoms with Crippen molar-refractivity contribution in [2.75, 3.05) is 7.11 Å². The van der Waals surface area contributed by atoms with Gasteiger partial charge < -0.3 is 4.74 Å². The maximum absolute atomic E-state index is 5.04. The number of thiophene rings is 3. The Kier molecular flexibility index (Phi) is 4.93. The van der Waals surface area contributed by atoms with Crippen LogP contribution in [0.15, 0.2) is 47.4 Å². The van der Waals surface area contributed by atoms with Crippen LogP contribution in [0.25, 0.3) is 33.0 Å². The minimum Gasteiger partial charge on any atom is -0.504 e. The van der Waals surface area contributed by atoms with E-state index in [2.05, 4.69) is 54.1 Å². The normalized spacial score (nSPS) is 11.7. The molecule has 0 saturated carbocycles. The van der Waals surface area contributed by atoms with Gasteiger partial charge in [0.1, 0.15) is 0 Å². The molecule has 0 radical (unpaired) electrons. The summed E-state index contributed by atoms with van der Waals surface area (Å²) >= 11 is 5.36. The summed E-state index contributed by atoms with van der Waals surface area (Å²) in [5.41, 5.74) is 2.60. The molecule has 22 heavy (non-hydrogen) atoms. The molecule has 3 aromatic rings. The van der Waals surface area contributed by atoms with E-state index in [0.717, 1.165) is 0 Å². The summed E-state index contributed by atoms with van der Waals surface area (Å²) in [6.45, 7) is 2.06. The van der Waals surface area contributed by atoms with Gasteiger partial charge in [0.05, 0.1) is 13.4 Å². The highest BCUT2D eigenvalue weighted by Crippen LogP contribution is 2.40. The lowest BCUT2D eigenvalue weighted by Crippen LogP contribution is -1.71. The average molecular weight is 345 g/mol. The zero-order valence-electron chi connectivity index (χ0n) is 12.4. The Morgan fingerprint density at radius 3 is 2.00 bits per heavy atom. The highest BCUT2D eigenvalue weighted by molar-refractivity contribution is 7.20. The molecule has 112 valence electrons. The van der Waals surface area contributed by atoms with Crippen LogP contribution in [0, 0.1) is 0 Å². The predicted octanol–water partition coefficient (Wildman–Crippen LogP) is 6.86. The molecule has 3 aromatic heterocycles. The van der Waals surface area contributed by atoms with Gasteiger partial charge in [0.2, 0.25) is 0 Å². The molecule has 0 atom stereocenters. The fourth-order valence-corrected chi connectivity index (χ4v) is 5.09. The molecular weight excluding hydrogens is 328 g/mol. The van der Waals surface area contributed by atoms with Crippen LogP contribution < -0.4 is 0 Å². The lowest BCUT2D eigenvalue weighted by molar-refractivity contribution is 0.341. The van der Waals surface area contributed by atoms with E-state index in [1.165, 1.54) is 30.6 Å². The summed E-state index contributed by atoms with van der Waals surface area (Å²) in [6.07, 6.45) is 8.02. The van der Waals surface area contributed by atoms with Gasteiger partial charge in [-0.25, -0.2) is 0 Å². The lowest BCUT2D eigenvalue weighted by Gasteiger charge is -1.97. The third-order valence-electron chi connectivity index (χ3n) is 3.20. The van der Waals surface area contributed by atoms with E-state index in [9.17, 15) is 0 Å². The van der Waals surface area contributed by atoms with Gasteiger partial charge in [0.15, 0.2) is 0 Å². The predicted molar refractivity (Wildman–Crippen MR) is 102 cm³/mol. The van der Waals surface area contributed by atoms with E-state index in [1.807, 2.05) is 17.4 Å². The third kappa shape index (κ3) is 3.09. The van der Waals surface area contributed by atoms with Gasteiger partial charge in [0, 0.05) is 30.6 Å². The second kappa shape index (κ2) is 7.09. The number of ether oxygens (including phenoxy) is 1. The molecular formula is C18H16OS3. The molecule has 0 aliphatic rings. The Hall–Kier alpha value is -1.62. The fraction of sp³-hybridized carbons (Fsp3) is 0.111. The second-order valence-electron chi connectivity index (χ2n) is 4.60. The number of methoxy groups -OCH3 is 1. The van der Waals surface area contributed by atoms with E-state index < -0.39 is 0 Å². The minimum absolute atomic E-state index is 1.23. The van der Waals surface area contributed by atoms with E-state index in [4.69, 9.17) is 4.74 Å². The monoisotopic (exact) mass is 344 g/mol. The second-order valence-corrected chi connectivity index (χ2v) is 7.58. The SMILES string of the molecule is C/C=C/c1sccc1-c1ccc(-c2ccsc2/C=C/OC)s1. The average Bonchev–Trinajstić information content (AvgIpc) is 3.24. The van der Waals surface area contributed by atoms with Crippen LogP contribution in [0.5, 0.6) is 0 Å². The third-order valence-corrected chi connectivity index (χ3v) is 6.12. The zero-order chi connectivity index (χ0) is 15.4. The van der Waals surface area contributed by atoms with Gasteiger partial charge in [-0.15, -0.1) is 34.0 Å². The van der Waals surface area contributed by atoms with Crippen LogP contribution in [0.2, 0.25) is 0 Å². The molecule has 0 bridgehead atoms. The molecule has 0 aliphatic heterocycles. The van der Waals surface area contributed by atoms with E-state index in [0.29, 0.717) is 0 Å². The van der Waals surface area contributed by atoms with Crippen molar-refractivity contribution in [3.05, 3.63) is 57.1 Å². The maximum atomic E-state index is 5.04. The first kappa shape index (κ1) is 15.3. The summed E-state index contributed by atoms with van der Waals surface area (Å²) in [5, 5.41) is 4.28. The van der Waals surface area contributed by atoms with Crippen molar-refractivity contribution in [2.45, 2.75) is 6.92 Å². The quantitative estimate of drug-likeness (QED) is 0.460. The van der Waals surface area contributed by atoms with Crippen LogP contribution in [0.3, 0.4) is 0 Å². The summed E-state index contributed by atoms with van der Waals surface area (Å²) in [6, 6.07) is 8.81. The van der Waals surface area contributed by atoms with Gasteiger partial charge in [-0.1, -0.05) is 6.08 Å². The summed E-state index contributed by atoms with van der Waals surface area (Å²) in [7, 11) is 1.67. The largest absolute Gasteiger partial charge is 0.504 e. The topological polar surface area (TPSA) is 9.23 Å². The summed E-state index contributed by atoms with van der Waals surface area (Å²) in [4.78, 5) is 5.16. The van der Waals surface area contributed by atoms with E-state index >= 15 is 0 Å². The lowest BCUT2D eigenvalue weighted by atomic mass is 10.2. The van der Waals surface area contributed by atoms with Crippen LogP contribution in [0.1, 0.15) is 16.7 Å². The molecule has 0 aromatic carbocycles. The van der Waals surface area contributed by atoms with Crippen molar-refractivity contribution in [1.29, 1.82) is 0 Å². The zero-order valence-corrected chi connectivity index (χ0v) is 14.9. The van der Waals surface area contributed by atoms with Crippen LogP contribution in [0.4, 0.5) is 0 Å². The first-order valence-corrected chi connectivity index (χ1v) is 9.48. The van der Waals surface area contributed by atoms with Gasteiger partial charge in [-0.05, 0) is 54.1 Å². The molecule has 3 rings (SSSR count). The number of allylic oxidation sites excluding steroid dienone is 1. The maximum Gasteiger partial charge on any atom is 0.0838 e. The smallest absolute Gasteiger partial charge is 0.0838 e. The van der Waals surface area contributed by atoms with Crippen LogP contribution in [-0.2, 0) is 4.74 Å². The first-order valence-electron chi connectivity index (χ1n) is 6.91. The van der Waals surface area contributed by atoms with Crippen molar-refractivity contribution >= 4 is 46.2 Å². The Balaban J connectivity index is 1.96. The molecule has 0 unspecified atom stereocenters. The number of hydrogen-bond donors (Lipinski definition) is 0. The van der Waals surface area contributed by atoms with Crippen molar-refractivity contribution in [3.63, 3.8) is 0 Å². The molecule has 0 amide bonds. The first-order chi connectivity index (χ1) is 10.8. The summed E-state index contributed by atoms with van der Waals surface area (Å²) in [5.74, 6) is 0. The molecule has 0 spiro atoms. The minimum atomic E-state index is 1.23. The van der Waals surface area contributed by atoms with Crippen LogP contribution >= 0.6 is 34.0 Å². The molecule has 0 aliphatic carbocycles. The number of rotatable bonds is 5. The Labute approximate surface area is 142 Å². The van der Waals surface area contributed by atoms with Gasteiger partial charge in [0.25, 0.3) is 0 Å². The Morgan fingerprint density at radius 2 is 1.45 bits per heavy atom. The highest BCUT2D eigenvalue weighted by Gasteiger charge is 2.11. The molecule has 4 heteroatoms.